The Bertz CT molecular complexity index is 893. The third kappa shape index (κ3) is 4.84. The molecule has 1 atom stereocenters. The SMILES string of the molecule is CNC(=O)COc1ccc(C(=O)N(c2ccc(OC)cc2)C(C)C2CC2)cc1OC. The van der Waals surface area contributed by atoms with E-state index >= 15 is 0 Å². The van der Waals surface area contributed by atoms with Crippen LogP contribution in [-0.4, -0.2) is 45.7 Å². The third-order valence-electron chi connectivity index (χ3n) is 5.33. The molecule has 2 amide bonds. The first kappa shape index (κ1) is 21.5. The highest BCUT2D eigenvalue weighted by atomic mass is 16.5. The van der Waals surface area contributed by atoms with E-state index in [1.54, 1.807) is 32.4 Å². The smallest absolute Gasteiger partial charge is 0.258 e. The van der Waals surface area contributed by atoms with Crippen molar-refractivity contribution in [1.82, 2.24) is 5.32 Å². The number of rotatable bonds is 9. The Morgan fingerprint density at radius 2 is 1.77 bits per heavy atom. The normalized spacial score (nSPS) is 13.9. The van der Waals surface area contributed by atoms with E-state index in [-0.39, 0.29) is 24.5 Å². The first-order chi connectivity index (χ1) is 14.5. The molecule has 160 valence electrons. The van der Waals surface area contributed by atoms with E-state index in [1.807, 2.05) is 29.2 Å². The van der Waals surface area contributed by atoms with Gasteiger partial charge in [0.05, 0.1) is 14.2 Å². The monoisotopic (exact) mass is 412 g/mol. The lowest BCUT2D eigenvalue weighted by Crippen LogP contribution is -2.40. The zero-order chi connectivity index (χ0) is 21.7. The standard InChI is InChI=1S/C23H28N2O5/c1-15(16-5-6-16)25(18-8-10-19(28-3)11-9-18)23(27)17-7-12-20(21(13-17)29-4)30-14-22(26)24-2/h7-13,15-16H,5-6,14H2,1-4H3,(H,24,26). The number of ether oxygens (including phenoxy) is 3. The molecule has 1 saturated carbocycles. The number of carbonyl (C=O) groups excluding carboxylic acids is 2. The molecule has 1 unspecified atom stereocenters. The highest BCUT2D eigenvalue weighted by molar-refractivity contribution is 6.07. The molecule has 1 N–H and O–H groups in total. The zero-order valence-corrected chi connectivity index (χ0v) is 17.8. The lowest BCUT2D eigenvalue weighted by Gasteiger charge is -2.30. The Morgan fingerprint density at radius 1 is 1.07 bits per heavy atom. The topological polar surface area (TPSA) is 77.1 Å². The van der Waals surface area contributed by atoms with Crippen LogP contribution >= 0.6 is 0 Å². The molecule has 7 heteroatoms. The van der Waals surface area contributed by atoms with Crippen LogP contribution in [-0.2, 0) is 4.79 Å². The molecule has 2 aromatic rings. The molecule has 0 aliphatic heterocycles. The zero-order valence-electron chi connectivity index (χ0n) is 17.8. The molecule has 0 aromatic heterocycles. The van der Waals surface area contributed by atoms with E-state index in [4.69, 9.17) is 14.2 Å². The number of nitrogens with zero attached hydrogens (tertiary/aromatic N) is 1. The Kier molecular flexibility index (Phi) is 6.82. The minimum atomic E-state index is -0.249. The van der Waals surface area contributed by atoms with Gasteiger partial charge >= 0.3 is 0 Å². The largest absolute Gasteiger partial charge is 0.497 e. The van der Waals surface area contributed by atoms with Gasteiger partial charge in [0.2, 0.25) is 0 Å². The van der Waals surface area contributed by atoms with Gasteiger partial charge in [-0.1, -0.05) is 0 Å². The maximum Gasteiger partial charge on any atom is 0.258 e. The summed E-state index contributed by atoms with van der Waals surface area (Å²) in [5.74, 6) is 1.68. The first-order valence-corrected chi connectivity index (χ1v) is 9.97. The van der Waals surface area contributed by atoms with E-state index in [2.05, 4.69) is 12.2 Å². The molecule has 2 aromatic carbocycles. The Morgan fingerprint density at radius 3 is 2.33 bits per heavy atom. The van der Waals surface area contributed by atoms with Gasteiger partial charge in [0.15, 0.2) is 18.1 Å². The van der Waals surface area contributed by atoms with Crippen molar-refractivity contribution >= 4 is 17.5 Å². The van der Waals surface area contributed by atoms with E-state index in [0.29, 0.717) is 23.0 Å². The summed E-state index contributed by atoms with van der Waals surface area (Å²) in [5.41, 5.74) is 1.31. The molecule has 30 heavy (non-hydrogen) atoms. The molecule has 0 spiro atoms. The van der Waals surface area contributed by atoms with Gasteiger partial charge in [-0.2, -0.15) is 0 Å². The highest BCUT2D eigenvalue weighted by Gasteiger charge is 2.35. The molecule has 1 fully saturated rings. The average Bonchev–Trinajstić information content (AvgIpc) is 3.63. The van der Waals surface area contributed by atoms with Crippen LogP contribution in [0, 0.1) is 5.92 Å². The first-order valence-electron chi connectivity index (χ1n) is 9.97. The van der Waals surface area contributed by atoms with Gasteiger partial charge in [0.1, 0.15) is 5.75 Å². The van der Waals surface area contributed by atoms with E-state index < -0.39 is 0 Å². The van der Waals surface area contributed by atoms with Gasteiger partial charge in [0, 0.05) is 24.3 Å². The van der Waals surface area contributed by atoms with Gasteiger partial charge in [-0.25, -0.2) is 0 Å². The van der Waals surface area contributed by atoms with Crippen molar-refractivity contribution in [2.75, 3.05) is 32.8 Å². The predicted molar refractivity (Wildman–Crippen MR) is 115 cm³/mol. The fourth-order valence-corrected chi connectivity index (χ4v) is 3.34. The Balaban J connectivity index is 1.88. The second-order valence-electron chi connectivity index (χ2n) is 7.28. The average molecular weight is 412 g/mol. The summed E-state index contributed by atoms with van der Waals surface area (Å²) in [4.78, 5) is 26.8. The minimum absolute atomic E-state index is 0.0704. The minimum Gasteiger partial charge on any atom is -0.497 e. The maximum absolute atomic E-state index is 13.5. The van der Waals surface area contributed by atoms with Crippen molar-refractivity contribution in [3.63, 3.8) is 0 Å². The van der Waals surface area contributed by atoms with Gasteiger partial charge < -0.3 is 24.4 Å². The molecule has 0 radical (unpaired) electrons. The second-order valence-corrected chi connectivity index (χ2v) is 7.28. The van der Waals surface area contributed by atoms with Crippen molar-refractivity contribution in [1.29, 1.82) is 0 Å². The number of amides is 2. The summed E-state index contributed by atoms with van der Waals surface area (Å²) in [7, 11) is 4.66. The lowest BCUT2D eigenvalue weighted by molar-refractivity contribution is -0.122. The van der Waals surface area contributed by atoms with E-state index in [1.165, 1.54) is 7.11 Å². The number of benzene rings is 2. The number of nitrogens with one attached hydrogen (secondary N) is 1. The van der Waals surface area contributed by atoms with Crippen LogP contribution in [0.4, 0.5) is 5.69 Å². The van der Waals surface area contributed by atoms with Crippen LogP contribution in [0.5, 0.6) is 17.2 Å². The van der Waals surface area contributed by atoms with E-state index in [0.717, 1.165) is 24.3 Å². The molecule has 1 aliphatic carbocycles. The maximum atomic E-state index is 13.5. The molecule has 0 bridgehead atoms. The van der Waals surface area contributed by atoms with Gasteiger partial charge in [-0.05, 0) is 68.1 Å². The summed E-state index contributed by atoms with van der Waals surface area (Å²) in [6, 6.07) is 12.6. The van der Waals surface area contributed by atoms with Crippen molar-refractivity contribution in [3.8, 4) is 17.2 Å². The quantitative estimate of drug-likeness (QED) is 0.684. The van der Waals surface area contributed by atoms with Crippen LogP contribution in [0.3, 0.4) is 0 Å². The van der Waals surface area contributed by atoms with Crippen LogP contribution in [0.1, 0.15) is 30.1 Å². The third-order valence-corrected chi connectivity index (χ3v) is 5.33. The summed E-state index contributed by atoms with van der Waals surface area (Å²) in [6.45, 7) is 1.95. The molecule has 3 rings (SSSR count). The van der Waals surface area contributed by atoms with Crippen molar-refractivity contribution in [2.45, 2.75) is 25.8 Å². The fourth-order valence-electron chi connectivity index (χ4n) is 3.34. The van der Waals surface area contributed by atoms with Gasteiger partial charge in [-0.15, -0.1) is 0 Å². The molecule has 7 nitrogen and oxygen atoms in total. The summed E-state index contributed by atoms with van der Waals surface area (Å²) >= 11 is 0. The number of hydrogen-bond donors (Lipinski definition) is 1. The van der Waals surface area contributed by atoms with Crippen LogP contribution in [0.2, 0.25) is 0 Å². The fraction of sp³-hybridized carbons (Fsp3) is 0.391. The van der Waals surface area contributed by atoms with Crippen molar-refractivity contribution in [2.24, 2.45) is 5.92 Å². The number of anilines is 1. The molecular weight excluding hydrogens is 384 g/mol. The van der Waals surface area contributed by atoms with Crippen molar-refractivity contribution in [3.05, 3.63) is 48.0 Å². The lowest BCUT2D eigenvalue weighted by atomic mass is 10.1. The van der Waals surface area contributed by atoms with Crippen LogP contribution < -0.4 is 24.4 Å². The summed E-state index contributed by atoms with van der Waals surface area (Å²) in [6.07, 6.45) is 2.24. The Labute approximate surface area is 176 Å². The summed E-state index contributed by atoms with van der Waals surface area (Å²) in [5, 5.41) is 2.50. The number of carbonyl (C=O) groups is 2. The van der Waals surface area contributed by atoms with Crippen LogP contribution in [0.25, 0.3) is 0 Å². The van der Waals surface area contributed by atoms with Crippen molar-refractivity contribution < 1.29 is 23.8 Å². The second kappa shape index (κ2) is 9.52. The highest BCUT2D eigenvalue weighted by Crippen LogP contribution is 2.38. The molecular formula is C23H28N2O5. The predicted octanol–water partition coefficient (Wildman–Crippen LogP) is 3.27. The van der Waals surface area contributed by atoms with Gasteiger partial charge in [-0.3, -0.25) is 9.59 Å². The number of hydrogen-bond acceptors (Lipinski definition) is 5. The summed E-state index contributed by atoms with van der Waals surface area (Å²) < 4.78 is 16.1. The number of likely N-dealkylation sites (N-methyl/N-ethyl adjacent to an activating group) is 1. The van der Waals surface area contributed by atoms with Crippen LogP contribution in [0.15, 0.2) is 42.5 Å². The Hall–Kier alpha value is -3.22. The van der Waals surface area contributed by atoms with Gasteiger partial charge in [0.25, 0.3) is 11.8 Å². The molecule has 0 heterocycles. The molecule has 1 aliphatic rings. The van der Waals surface area contributed by atoms with E-state index in [9.17, 15) is 9.59 Å². The number of methoxy groups -OCH3 is 2. The molecule has 0 saturated heterocycles.